The maximum atomic E-state index is 13.1. The summed E-state index contributed by atoms with van der Waals surface area (Å²) < 4.78 is 28.1. The standard InChI is InChI=1S/C17H17ClIN3O2S/c1-3-4-5-14-15-13(19)10-22(16(15)21-17(18)20-14)25(23,24)12-8-6-11(2)7-9-12/h6-10H,3-5H2,1-2H3. The Labute approximate surface area is 165 Å². The summed E-state index contributed by atoms with van der Waals surface area (Å²) in [6, 6.07) is 6.75. The molecular formula is C17H17ClIN3O2S. The predicted octanol–water partition coefficient (Wildman–Crippen LogP) is 4.58. The molecule has 132 valence electrons. The number of aryl methyl sites for hydroxylation is 2. The number of halogens is 2. The molecule has 0 fully saturated rings. The number of hydrogen-bond donors (Lipinski definition) is 0. The zero-order chi connectivity index (χ0) is 18.2. The first-order valence-corrected chi connectivity index (χ1v) is 10.8. The van der Waals surface area contributed by atoms with Gasteiger partial charge < -0.3 is 0 Å². The van der Waals surface area contributed by atoms with E-state index in [4.69, 9.17) is 11.6 Å². The van der Waals surface area contributed by atoms with E-state index in [1.54, 1.807) is 30.5 Å². The van der Waals surface area contributed by atoms with E-state index >= 15 is 0 Å². The number of hydrogen-bond acceptors (Lipinski definition) is 4. The first-order valence-electron chi connectivity index (χ1n) is 7.89. The predicted molar refractivity (Wildman–Crippen MR) is 108 cm³/mol. The fraction of sp³-hybridized carbons (Fsp3) is 0.294. The smallest absolute Gasteiger partial charge is 0.223 e. The quantitative estimate of drug-likeness (QED) is 0.389. The normalized spacial score (nSPS) is 12.0. The average molecular weight is 490 g/mol. The topological polar surface area (TPSA) is 64.8 Å². The summed E-state index contributed by atoms with van der Waals surface area (Å²) in [5.41, 5.74) is 2.12. The molecule has 0 N–H and O–H groups in total. The zero-order valence-electron chi connectivity index (χ0n) is 13.8. The molecule has 0 bridgehead atoms. The number of nitrogens with zero attached hydrogens (tertiary/aromatic N) is 3. The minimum Gasteiger partial charge on any atom is -0.223 e. The minimum absolute atomic E-state index is 0.0634. The molecule has 3 aromatic rings. The molecule has 8 heteroatoms. The van der Waals surface area contributed by atoms with Gasteiger partial charge in [0.05, 0.1) is 16.0 Å². The summed E-state index contributed by atoms with van der Waals surface area (Å²) in [5.74, 6) is 0. The van der Waals surface area contributed by atoms with Gasteiger partial charge in [-0.05, 0) is 66.1 Å². The maximum absolute atomic E-state index is 13.1. The van der Waals surface area contributed by atoms with E-state index < -0.39 is 10.0 Å². The van der Waals surface area contributed by atoms with Gasteiger partial charge in [-0.15, -0.1) is 0 Å². The lowest BCUT2D eigenvalue weighted by molar-refractivity contribution is 0.588. The SMILES string of the molecule is CCCCc1nc(Cl)nc2c1c(I)cn2S(=O)(=O)c1ccc(C)cc1. The average Bonchev–Trinajstić information content (AvgIpc) is 2.90. The van der Waals surface area contributed by atoms with Crippen molar-refractivity contribution >= 4 is 55.2 Å². The highest BCUT2D eigenvalue weighted by molar-refractivity contribution is 14.1. The highest BCUT2D eigenvalue weighted by Crippen LogP contribution is 2.29. The van der Waals surface area contributed by atoms with Crippen molar-refractivity contribution in [2.45, 2.75) is 38.0 Å². The van der Waals surface area contributed by atoms with Crippen LogP contribution < -0.4 is 0 Å². The van der Waals surface area contributed by atoms with Crippen molar-refractivity contribution in [3.8, 4) is 0 Å². The van der Waals surface area contributed by atoms with Crippen molar-refractivity contribution in [1.29, 1.82) is 0 Å². The van der Waals surface area contributed by atoms with Gasteiger partial charge in [0.25, 0.3) is 10.0 Å². The Morgan fingerprint density at radius 1 is 1.20 bits per heavy atom. The van der Waals surface area contributed by atoms with E-state index in [0.717, 1.165) is 39.5 Å². The molecule has 0 radical (unpaired) electrons. The Bertz CT molecular complexity index is 1030. The van der Waals surface area contributed by atoms with Gasteiger partial charge in [0.2, 0.25) is 5.28 Å². The molecule has 0 unspecified atom stereocenters. The summed E-state index contributed by atoms with van der Waals surface area (Å²) >= 11 is 8.19. The van der Waals surface area contributed by atoms with Crippen molar-refractivity contribution in [2.75, 3.05) is 0 Å². The summed E-state index contributed by atoms with van der Waals surface area (Å²) in [5, 5.41) is 0.822. The van der Waals surface area contributed by atoms with Crippen molar-refractivity contribution in [2.24, 2.45) is 0 Å². The second-order valence-electron chi connectivity index (χ2n) is 5.83. The van der Waals surface area contributed by atoms with Crippen LogP contribution in [0.15, 0.2) is 35.4 Å². The van der Waals surface area contributed by atoms with E-state index in [0.29, 0.717) is 5.65 Å². The van der Waals surface area contributed by atoms with Crippen LogP contribution in [0, 0.1) is 10.5 Å². The lowest BCUT2D eigenvalue weighted by Gasteiger charge is -2.08. The second kappa shape index (κ2) is 7.20. The van der Waals surface area contributed by atoms with Crippen LogP contribution in [0.4, 0.5) is 0 Å². The number of unbranched alkanes of at least 4 members (excludes halogenated alkanes) is 1. The van der Waals surface area contributed by atoms with Crippen LogP contribution in [0.2, 0.25) is 5.28 Å². The van der Waals surface area contributed by atoms with Crippen LogP contribution >= 0.6 is 34.2 Å². The molecule has 3 rings (SSSR count). The Balaban J connectivity index is 2.23. The lowest BCUT2D eigenvalue weighted by Crippen LogP contribution is -2.13. The fourth-order valence-electron chi connectivity index (χ4n) is 2.63. The van der Waals surface area contributed by atoms with E-state index in [1.165, 1.54) is 3.97 Å². The van der Waals surface area contributed by atoms with Crippen LogP contribution in [0.25, 0.3) is 11.0 Å². The molecule has 2 heterocycles. The highest BCUT2D eigenvalue weighted by Gasteiger charge is 2.24. The van der Waals surface area contributed by atoms with Crippen molar-refractivity contribution < 1.29 is 8.42 Å². The molecule has 0 amide bonds. The third-order valence-corrected chi connectivity index (χ3v) is 6.61. The number of aromatic nitrogens is 3. The van der Waals surface area contributed by atoms with Crippen molar-refractivity contribution in [1.82, 2.24) is 13.9 Å². The second-order valence-corrected chi connectivity index (χ2v) is 9.15. The van der Waals surface area contributed by atoms with Crippen LogP contribution in [-0.4, -0.2) is 22.4 Å². The van der Waals surface area contributed by atoms with Gasteiger partial charge in [-0.3, -0.25) is 0 Å². The number of rotatable bonds is 5. The Morgan fingerprint density at radius 3 is 2.52 bits per heavy atom. The third-order valence-electron chi connectivity index (χ3n) is 3.96. The van der Waals surface area contributed by atoms with Crippen LogP contribution in [0.1, 0.15) is 31.0 Å². The van der Waals surface area contributed by atoms with Gasteiger partial charge >= 0.3 is 0 Å². The fourth-order valence-corrected chi connectivity index (χ4v) is 5.14. The monoisotopic (exact) mass is 489 g/mol. The van der Waals surface area contributed by atoms with Crippen molar-refractivity contribution in [3.63, 3.8) is 0 Å². The molecule has 0 aliphatic rings. The van der Waals surface area contributed by atoms with Crippen LogP contribution in [0.5, 0.6) is 0 Å². The molecule has 1 aromatic carbocycles. The van der Waals surface area contributed by atoms with Gasteiger partial charge in [0, 0.05) is 9.77 Å². The van der Waals surface area contributed by atoms with E-state index in [2.05, 4.69) is 39.5 Å². The Kier molecular flexibility index (Phi) is 5.36. The molecule has 0 spiro atoms. The number of fused-ring (bicyclic) bond motifs is 1. The van der Waals surface area contributed by atoms with Gasteiger partial charge in [-0.1, -0.05) is 31.0 Å². The van der Waals surface area contributed by atoms with Gasteiger partial charge in [-0.25, -0.2) is 17.4 Å². The molecule has 0 saturated carbocycles. The summed E-state index contributed by atoms with van der Waals surface area (Å²) in [6.07, 6.45) is 4.29. The third kappa shape index (κ3) is 3.54. The Morgan fingerprint density at radius 2 is 1.88 bits per heavy atom. The van der Waals surface area contributed by atoms with Gasteiger partial charge in [-0.2, -0.15) is 4.98 Å². The molecule has 0 saturated heterocycles. The minimum atomic E-state index is -3.75. The summed E-state index contributed by atoms with van der Waals surface area (Å²) in [4.78, 5) is 8.75. The van der Waals surface area contributed by atoms with Crippen molar-refractivity contribution in [3.05, 3.63) is 50.6 Å². The van der Waals surface area contributed by atoms with Gasteiger partial charge in [0.1, 0.15) is 0 Å². The highest BCUT2D eigenvalue weighted by atomic mass is 127. The largest absolute Gasteiger partial charge is 0.269 e. The van der Waals surface area contributed by atoms with E-state index in [-0.39, 0.29) is 10.2 Å². The van der Waals surface area contributed by atoms with Crippen LogP contribution in [-0.2, 0) is 16.4 Å². The molecule has 5 nitrogen and oxygen atoms in total. The maximum Gasteiger partial charge on any atom is 0.269 e. The first kappa shape index (κ1) is 18.6. The first-order chi connectivity index (χ1) is 11.8. The molecular weight excluding hydrogens is 473 g/mol. The summed E-state index contributed by atoms with van der Waals surface area (Å²) in [6.45, 7) is 4.01. The molecule has 25 heavy (non-hydrogen) atoms. The van der Waals surface area contributed by atoms with E-state index in [1.807, 2.05) is 6.92 Å². The molecule has 2 aromatic heterocycles. The molecule has 0 aliphatic carbocycles. The molecule has 0 atom stereocenters. The lowest BCUT2D eigenvalue weighted by atomic mass is 10.1. The van der Waals surface area contributed by atoms with Crippen LogP contribution in [0.3, 0.4) is 0 Å². The zero-order valence-corrected chi connectivity index (χ0v) is 17.6. The van der Waals surface area contributed by atoms with Gasteiger partial charge in [0.15, 0.2) is 5.65 Å². The van der Waals surface area contributed by atoms with E-state index in [9.17, 15) is 8.42 Å². The summed E-state index contributed by atoms with van der Waals surface area (Å²) in [7, 11) is -3.75. The molecule has 0 aliphatic heterocycles. The Hall–Kier alpha value is -1.19. The number of benzene rings is 1.